The molecule has 2 aromatic rings. The average molecular weight is 385 g/mol. The molecule has 27 heavy (non-hydrogen) atoms. The number of esters is 1. The summed E-state index contributed by atoms with van der Waals surface area (Å²) in [5.41, 5.74) is 2.26. The highest BCUT2D eigenvalue weighted by Gasteiger charge is 2.44. The van der Waals surface area contributed by atoms with Gasteiger partial charge in [-0.15, -0.1) is 0 Å². The lowest BCUT2D eigenvalue weighted by atomic mass is 9.87. The molecule has 2 aromatic carbocycles. The van der Waals surface area contributed by atoms with E-state index >= 15 is 0 Å². The van der Waals surface area contributed by atoms with Crippen molar-refractivity contribution in [3.63, 3.8) is 0 Å². The van der Waals surface area contributed by atoms with Gasteiger partial charge in [0.2, 0.25) is 0 Å². The fraction of sp³-hybridized carbons (Fsp3) is 0.238. The van der Waals surface area contributed by atoms with Gasteiger partial charge in [0.15, 0.2) is 0 Å². The van der Waals surface area contributed by atoms with Crippen LogP contribution in [0.2, 0.25) is 0 Å². The predicted octanol–water partition coefficient (Wildman–Crippen LogP) is 4.43. The summed E-state index contributed by atoms with van der Waals surface area (Å²) in [6, 6.07) is 15.0. The third-order valence-corrected chi connectivity index (χ3v) is 5.15. The average Bonchev–Trinajstić information content (AvgIpc) is 2.93. The van der Waals surface area contributed by atoms with Gasteiger partial charge in [0.25, 0.3) is 0 Å². The van der Waals surface area contributed by atoms with Crippen molar-refractivity contribution in [1.82, 2.24) is 4.90 Å². The van der Waals surface area contributed by atoms with Gasteiger partial charge < -0.3 is 9.64 Å². The molecule has 0 spiro atoms. The van der Waals surface area contributed by atoms with Gasteiger partial charge in [-0.3, -0.25) is 0 Å². The molecule has 0 fully saturated rings. The number of nitrogens with zero attached hydrogens (tertiary/aromatic N) is 2. The normalized spacial score (nSPS) is 19.1. The van der Waals surface area contributed by atoms with E-state index in [0.29, 0.717) is 16.7 Å². The number of nitriles is 1. The first kappa shape index (κ1) is 18.9. The Bertz CT molecular complexity index is 934. The van der Waals surface area contributed by atoms with Gasteiger partial charge in [0.05, 0.1) is 24.2 Å². The number of benzene rings is 2. The Kier molecular flexibility index (Phi) is 5.48. The van der Waals surface area contributed by atoms with E-state index in [4.69, 9.17) is 16.3 Å². The zero-order valence-corrected chi connectivity index (χ0v) is 15.7. The first-order chi connectivity index (χ1) is 13.0. The van der Waals surface area contributed by atoms with Crippen LogP contribution in [0.15, 0.2) is 59.3 Å². The summed E-state index contributed by atoms with van der Waals surface area (Å²) < 4.78 is 19.2. The molecule has 0 saturated heterocycles. The summed E-state index contributed by atoms with van der Waals surface area (Å²) in [7, 11) is 1.66. The Labute approximate surface area is 162 Å². The molecule has 0 radical (unpaired) electrons. The Balaban J connectivity index is 2.01. The SMILES string of the molecule is CCOC(=O)C1C(c2ccc(-c3ccccc3F)cc2)C(C#N)=C(Cl)N1C. The van der Waals surface area contributed by atoms with Gasteiger partial charge in [-0.25, -0.2) is 9.18 Å². The molecule has 0 N–H and O–H groups in total. The number of hydrogen-bond acceptors (Lipinski definition) is 4. The molecule has 0 aliphatic carbocycles. The fourth-order valence-electron chi connectivity index (χ4n) is 3.37. The van der Waals surface area contributed by atoms with Crippen molar-refractivity contribution in [2.45, 2.75) is 18.9 Å². The molecule has 0 aromatic heterocycles. The highest BCUT2D eigenvalue weighted by molar-refractivity contribution is 6.30. The van der Waals surface area contributed by atoms with Crippen LogP contribution < -0.4 is 0 Å². The van der Waals surface area contributed by atoms with E-state index in [1.54, 1.807) is 61.3 Å². The highest BCUT2D eigenvalue weighted by atomic mass is 35.5. The molecule has 1 aliphatic heterocycles. The van der Waals surface area contributed by atoms with Gasteiger partial charge in [-0.1, -0.05) is 54.1 Å². The molecular formula is C21H18ClFN2O2. The van der Waals surface area contributed by atoms with E-state index in [-0.39, 0.29) is 17.6 Å². The maximum atomic E-state index is 14.0. The minimum atomic E-state index is -0.716. The third-order valence-electron chi connectivity index (χ3n) is 4.68. The monoisotopic (exact) mass is 384 g/mol. The molecule has 1 aliphatic rings. The summed E-state index contributed by atoms with van der Waals surface area (Å²) in [4.78, 5) is 14.0. The number of halogens is 2. The third kappa shape index (κ3) is 3.41. The van der Waals surface area contributed by atoms with Crippen molar-refractivity contribution in [3.05, 3.63) is 70.6 Å². The Hall–Kier alpha value is -2.84. The van der Waals surface area contributed by atoms with Crippen LogP contribution in [0.25, 0.3) is 11.1 Å². The van der Waals surface area contributed by atoms with Crippen molar-refractivity contribution >= 4 is 17.6 Å². The lowest BCUT2D eigenvalue weighted by Gasteiger charge is -2.25. The molecule has 6 heteroatoms. The van der Waals surface area contributed by atoms with Gasteiger partial charge in [0, 0.05) is 12.6 Å². The van der Waals surface area contributed by atoms with Crippen LogP contribution in [0, 0.1) is 17.1 Å². The number of rotatable bonds is 4. The molecule has 138 valence electrons. The van der Waals surface area contributed by atoms with Crippen LogP contribution in [0.5, 0.6) is 0 Å². The van der Waals surface area contributed by atoms with Crippen LogP contribution >= 0.6 is 11.6 Å². The molecule has 3 rings (SSSR count). The molecule has 2 atom stereocenters. The van der Waals surface area contributed by atoms with Crippen molar-refractivity contribution in [2.24, 2.45) is 0 Å². The summed E-state index contributed by atoms with van der Waals surface area (Å²) in [5.74, 6) is -1.29. The number of carbonyl (C=O) groups is 1. The van der Waals surface area contributed by atoms with Crippen LogP contribution in [0.4, 0.5) is 4.39 Å². The first-order valence-corrected chi connectivity index (χ1v) is 8.91. The Morgan fingerprint density at radius 2 is 1.93 bits per heavy atom. The van der Waals surface area contributed by atoms with E-state index < -0.39 is 17.9 Å². The second-order valence-electron chi connectivity index (χ2n) is 6.20. The predicted molar refractivity (Wildman–Crippen MR) is 101 cm³/mol. The van der Waals surface area contributed by atoms with Crippen LogP contribution in [0.3, 0.4) is 0 Å². The summed E-state index contributed by atoms with van der Waals surface area (Å²) in [5, 5.41) is 9.80. The highest BCUT2D eigenvalue weighted by Crippen LogP contribution is 2.42. The van der Waals surface area contributed by atoms with Gasteiger partial charge in [0.1, 0.15) is 17.0 Å². The smallest absolute Gasteiger partial charge is 0.329 e. The molecule has 0 amide bonds. The van der Waals surface area contributed by atoms with Crippen LogP contribution in [-0.2, 0) is 9.53 Å². The van der Waals surface area contributed by atoms with Gasteiger partial charge in [-0.2, -0.15) is 5.26 Å². The van der Waals surface area contributed by atoms with E-state index in [2.05, 4.69) is 6.07 Å². The second kappa shape index (κ2) is 7.81. The quantitative estimate of drug-likeness (QED) is 0.578. The zero-order valence-electron chi connectivity index (χ0n) is 14.9. The van der Waals surface area contributed by atoms with E-state index in [1.165, 1.54) is 6.07 Å². The van der Waals surface area contributed by atoms with E-state index in [9.17, 15) is 14.4 Å². The van der Waals surface area contributed by atoms with Crippen molar-refractivity contribution in [3.8, 4) is 17.2 Å². The van der Waals surface area contributed by atoms with Crippen LogP contribution in [-0.4, -0.2) is 30.6 Å². The second-order valence-corrected chi connectivity index (χ2v) is 6.56. The van der Waals surface area contributed by atoms with Crippen molar-refractivity contribution < 1.29 is 13.9 Å². The maximum Gasteiger partial charge on any atom is 0.329 e. The molecule has 0 saturated carbocycles. The van der Waals surface area contributed by atoms with Crippen molar-refractivity contribution in [1.29, 1.82) is 5.26 Å². The molecule has 1 heterocycles. The van der Waals surface area contributed by atoms with Gasteiger partial charge in [-0.05, 0) is 24.1 Å². The standard InChI is InChI=1S/C21H18ClFN2O2/c1-3-27-21(26)19-18(16(12-24)20(22)25(19)2)14-10-8-13(9-11-14)15-6-4-5-7-17(15)23/h4-11,18-19H,3H2,1-2H3. The fourth-order valence-corrected chi connectivity index (χ4v) is 3.64. The van der Waals surface area contributed by atoms with Crippen LogP contribution in [0.1, 0.15) is 18.4 Å². The van der Waals surface area contributed by atoms with E-state index in [0.717, 1.165) is 5.56 Å². The largest absolute Gasteiger partial charge is 0.464 e. The molecule has 2 unspecified atom stereocenters. The zero-order chi connectivity index (χ0) is 19.6. The lowest BCUT2D eigenvalue weighted by molar-refractivity contribution is -0.148. The first-order valence-electron chi connectivity index (χ1n) is 8.53. The van der Waals surface area contributed by atoms with Gasteiger partial charge >= 0.3 is 5.97 Å². The molecular weight excluding hydrogens is 367 g/mol. The van der Waals surface area contributed by atoms with Crippen molar-refractivity contribution in [2.75, 3.05) is 13.7 Å². The number of ether oxygens (including phenoxy) is 1. The summed E-state index contributed by atoms with van der Waals surface area (Å²) in [6.45, 7) is 1.97. The number of likely N-dealkylation sites (N-methyl/N-ethyl adjacent to an activating group) is 1. The summed E-state index contributed by atoms with van der Waals surface area (Å²) in [6.07, 6.45) is 0. The Morgan fingerprint density at radius 3 is 2.52 bits per heavy atom. The molecule has 4 nitrogen and oxygen atoms in total. The Morgan fingerprint density at radius 1 is 1.26 bits per heavy atom. The maximum absolute atomic E-state index is 14.0. The number of hydrogen-bond donors (Lipinski definition) is 0. The summed E-state index contributed by atoms with van der Waals surface area (Å²) >= 11 is 6.29. The van der Waals surface area contributed by atoms with E-state index in [1.807, 2.05) is 0 Å². The topological polar surface area (TPSA) is 53.3 Å². The minimum Gasteiger partial charge on any atom is -0.464 e. The lowest BCUT2D eigenvalue weighted by Crippen LogP contribution is -2.38. The minimum absolute atomic E-state index is 0.235. The molecule has 0 bridgehead atoms. The number of carbonyl (C=O) groups excluding carboxylic acids is 1.